The fourth-order valence-corrected chi connectivity index (χ4v) is 2.13. The fraction of sp³-hybridized carbons (Fsp3) is 0.917. The maximum absolute atomic E-state index is 11.1. The van der Waals surface area contributed by atoms with Crippen molar-refractivity contribution in [3.8, 4) is 0 Å². The lowest BCUT2D eigenvalue weighted by Crippen LogP contribution is -2.49. The van der Waals surface area contributed by atoms with E-state index >= 15 is 0 Å². The molecule has 4 nitrogen and oxygen atoms in total. The summed E-state index contributed by atoms with van der Waals surface area (Å²) >= 11 is 0. The number of likely N-dealkylation sites (tertiary alicyclic amines) is 1. The molecule has 1 N–H and O–H groups in total. The SMILES string of the molecule is COC(C)C(C)N1CCC(C)(C(=O)O)CC1. The first-order valence-electron chi connectivity index (χ1n) is 5.91. The van der Waals surface area contributed by atoms with Crippen molar-refractivity contribution in [3.63, 3.8) is 0 Å². The van der Waals surface area contributed by atoms with E-state index in [0.717, 1.165) is 25.9 Å². The summed E-state index contributed by atoms with van der Waals surface area (Å²) in [5.41, 5.74) is -0.535. The van der Waals surface area contributed by atoms with Crippen LogP contribution in [0.25, 0.3) is 0 Å². The lowest BCUT2D eigenvalue weighted by Gasteiger charge is -2.40. The van der Waals surface area contributed by atoms with Gasteiger partial charge in [-0.05, 0) is 46.7 Å². The number of carbonyl (C=O) groups is 1. The Balaban J connectivity index is 2.52. The van der Waals surface area contributed by atoms with Gasteiger partial charge in [-0.3, -0.25) is 9.69 Å². The van der Waals surface area contributed by atoms with E-state index in [4.69, 9.17) is 9.84 Å². The van der Waals surface area contributed by atoms with Gasteiger partial charge in [-0.1, -0.05) is 0 Å². The summed E-state index contributed by atoms with van der Waals surface area (Å²) < 4.78 is 5.31. The molecule has 94 valence electrons. The van der Waals surface area contributed by atoms with Gasteiger partial charge in [0.2, 0.25) is 0 Å². The van der Waals surface area contributed by atoms with E-state index in [-0.39, 0.29) is 6.10 Å². The van der Waals surface area contributed by atoms with Crippen LogP contribution in [-0.2, 0) is 9.53 Å². The molecule has 1 aliphatic rings. The zero-order valence-corrected chi connectivity index (χ0v) is 10.7. The number of carboxylic acid groups (broad SMARTS) is 1. The summed E-state index contributed by atoms with van der Waals surface area (Å²) in [6.45, 7) is 7.72. The number of rotatable bonds is 4. The number of ether oxygens (including phenoxy) is 1. The molecule has 4 heteroatoms. The van der Waals surface area contributed by atoms with Gasteiger partial charge in [-0.2, -0.15) is 0 Å². The smallest absolute Gasteiger partial charge is 0.309 e. The molecule has 0 aromatic carbocycles. The summed E-state index contributed by atoms with van der Waals surface area (Å²) in [7, 11) is 1.71. The number of nitrogens with zero attached hydrogens (tertiary/aromatic N) is 1. The Morgan fingerprint density at radius 3 is 2.25 bits per heavy atom. The summed E-state index contributed by atoms with van der Waals surface area (Å²) in [4.78, 5) is 13.4. The monoisotopic (exact) mass is 229 g/mol. The predicted octanol–water partition coefficient (Wildman–Crippen LogP) is 1.60. The van der Waals surface area contributed by atoms with Crippen molar-refractivity contribution < 1.29 is 14.6 Å². The van der Waals surface area contributed by atoms with Gasteiger partial charge in [0.05, 0.1) is 11.5 Å². The number of hydrogen-bond acceptors (Lipinski definition) is 3. The summed E-state index contributed by atoms with van der Waals surface area (Å²) in [6, 6.07) is 0.350. The maximum atomic E-state index is 11.1. The fourth-order valence-electron chi connectivity index (χ4n) is 2.13. The second kappa shape index (κ2) is 5.15. The van der Waals surface area contributed by atoms with Gasteiger partial charge in [0.15, 0.2) is 0 Å². The summed E-state index contributed by atoms with van der Waals surface area (Å²) in [6.07, 6.45) is 1.64. The zero-order chi connectivity index (χ0) is 12.3. The van der Waals surface area contributed by atoms with Crippen LogP contribution in [0.2, 0.25) is 0 Å². The van der Waals surface area contributed by atoms with Gasteiger partial charge in [0.25, 0.3) is 0 Å². The summed E-state index contributed by atoms with van der Waals surface area (Å²) in [5, 5.41) is 9.13. The highest BCUT2D eigenvalue weighted by Crippen LogP contribution is 2.32. The van der Waals surface area contributed by atoms with Crippen LogP contribution in [0.1, 0.15) is 33.6 Å². The number of hydrogen-bond donors (Lipinski definition) is 1. The number of aliphatic carboxylic acids is 1. The predicted molar refractivity (Wildman–Crippen MR) is 62.5 cm³/mol. The Labute approximate surface area is 97.6 Å². The highest BCUT2D eigenvalue weighted by atomic mass is 16.5. The first kappa shape index (κ1) is 13.5. The highest BCUT2D eigenvalue weighted by Gasteiger charge is 2.38. The van der Waals surface area contributed by atoms with E-state index in [0.29, 0.717) is 6.04 Å². The van der Waals surface area contributed by atoms with Crippen LogP contribution in [0, 0.1) is 5.41 Å². The minimum absolute atomic E-state index is 0.189. The first-order chi connectivity index (χ1) is 7.40. The van der Waals surface area contributed by atoms with E-state index in [2.05, 4.69) is 18.7 Å². The number of piperidine rings is 1. The molecule has 0 aliphatic carbocycles. The second-order valence-corrected chi connectivity index (χ2v) is 5.08. The van der Waals surface area contributed by atoms with Crippen molar-refractivity contribution in [1.29, 1.82) is 0 Å². The van der Waals surface area contributed by atoms with E-state index in [9.17, 15) is 4.79 Å². The molecule has 0 aromatic rings. The van der Waals surface area contributed by atoms with Gasteiger partial charge in [-0.15, -0.1) is 0 Å². The number of carboxylic acids is 1. The molecule has 16 heavy (non-hydrogen) atoms. The van der Waals surface area contributed by atoms with Crippen molar-refractivity contribution in [2.75, 3.05) is 20.2 Å². The Kier molecular flexibility index (Phi) is 4.33. The zero-order valence-electron chi connectivity index (χ0n) is 10.7. The largest absolute Gasteiger partial charge is 0.481 e. The lowest BCUT2D eigenvalue weighted by molar-refractivity contribution is -0.151. The van der Waals surface area contributed by atoms with Crippen LogP contribution in [-0.4, -0.2) is 48.3 Å². The van der Waals surface area contributed by atoms with E-state index in [1.54, 1.807) is 7.11 Å². The van der Waals surface area contributed by atoms with Gasteiger partial charge in [-0.25, -0.2) is 0 Å². The standard InChI is InChI=1S/C12H23NO3/c1-9(10(2)16-4)13-7-5-12(3,6-8-13)11(14)15/h9-10H,5-8H2,1-4H3,(H,14,15). The van der Waals surface area contributed by atoms with Gasteiger partial charge >= 0.3 is 5.97 Å². The van der Waals surface area contributed by atoms with Crippen molar-refractivity contribution >= 4 is 5.97 Å². The topological polar surface area (TPSA) is 49.8 Å². The normalized spacial score (nSPS) is 25.0. The third-order valence-corrected chi connectivity index (χ3v) is 4.05. The maximum Gasteiger partial charge on any atom is 0.309 e. The van der Waals surface area contributed by atoms with Crippen LogP contribution >= 0.6 is 0 Å². The minimum Gasteiger partial charge on any atom is -0.481 e. The third-order valence-electron chi connectivity index (χ3n) is 4.05. The van der Waals surface area contributed by atoms with Crippen LogP contribution in [0.4, 0.5) is 0 Å². The molecule has 1 fully saturated rings. The quantitative estimate of drug-likeness (QED) is 0.795. The third kappa shape index (κ3) is 2.74. The van der Waals surface area contributed by atoms with Crippen LogP contribution < -0.4 is 0 Å². The molecule has 2 unspecified atom stereocenters. The second-order valence-electron chi connectivity index (χ2n) is 5.08. The lowest BCUT2D eigenvalue weighted by atomic mass is 9.80. The van der Waals surface area contributed by atoms with Gasteiger partial charge in [0, 0.05) is 13.2 Å². The molecule has 0 bridgehead atoms. The molecule has 1 rings (SSSR count). The van der Waals surface area contributed by atoms with Gasteiger partial charge in [0.1, 0.15) is 0 Å². The Hall–Kier alpha value is -0.610. The minimum atomic E-state index is -0.667. The molecule has 1 heterocycles. The first-order valence-corrected chi connectivity index (χ1v) is 5.91. The van der Waals surface area contributed by atoms with E-state index in [1.807, 2.05) is 6.92 Å². The molecule has 2 atom stereocenters. The molecule has 1 aliphatic heterocycles. The Bertz CT molecular complexity index is 247. The molecule has 0 saturated carbocycles. The molecule has 0 spiro atoms. The Morgan fingerprint density at radius 1 is 1.38 bits per heavy atom. The van der Waals surface area contributed by atoms with Crippen LogP contribution in [0.3, 0.4) is 0 Å². The molecule has 1 saturated heterocycles. The van der Waals surface area contributed by atoms with E-state index < -0.39 is 11.4 Å². The van der Waals surface area contributed by atoms with Crippen LogP contribution in [0.15, 0.2) is 0 Å². The highest BCUT2D eigenvalue weighted by molar-refractivity contribution is 5.74. The molecule has 0 amide bonds. The number of methoxy groups -OCH3 is 1. The Morgan fingerprint density at radius 2 is 1.88 bits per heavy atom. The molecule has 0 aromatic heterocycles. The van der Waals surface area contributed by atoms with Gasteiger partial charge < -0.3 is 9.84 Å². The van der Waals surface area contributed by atoms with Crippen molar-refractivity contribution in [3.05, 3.63) is 0 Å². The van der Waals surface area contributed by atoms with Crippen molar-refractivity contribution in [2.45, 2.75) is 45.8 Å². The molecular weight excluding hydrogens is 206 g/mol. The summed E-state index contributed by atoms with van der Waals surface area (Å²) in [5.74, 6) is -0.667. The van der Waals surface area contributed by atoms with Crippen molar-refractivity contribution in [1.82, 2.24) is 4.90 Å². The van der Waals surface area contributed by atoms with Crippen molar-refractivity contribution in [2.24, 2.45) is 5.41 Å². The molecular formula is C12H23NO3. The van der Waals surface area contributed by atoms with E-state index in [1.165, 1.54) is 0 Å². The van der Waals surface area contributed by atoms with Crippen LogP contribution in [0.5, 0.6) is 0 Å². The molecule has 0 radical (unpaired) electrons. The average molecular weight is 229 g/mol. The average Bonchev–Trinajstić information content (AvgIpc) is 2.28.